The van der Waals surface area contributed by atoms with E-state index in [-0.39, 0.29) is 11.9 Å². The van der Waals surface area contributed by atoms with Crippen molar-refractivity contribution in [1.82, 2.24) is 10.2 Å². The Hall–Kier alpha value is -1.26. The minimum Gasteiger partial charge on any atom is -0.352 e. The molecule has 1 saturated heterocycles. The van der Waals surface area contributed by atoms with Crippen molar-refractivity contribution in [3.63, 3.8) is 0 Å². The Bertz CT molecular complexity index is 209. The molecule has 3 amide bonds. The zero-order chi connectivity index (χ0) is 9.84. The van der Waals surface area contributed by atoms with Crippen LogP contribution in [0, 0.1) is 0 Å². The van der Waals surface area contributed by atoms with Crippen molar-refractivity contribution in [2.75, 3.05) is 13.1 Å². The summed E-state index contributed by atoms with van der Waals surface area (Å²) < 4.78 is 0. The molecular formula is C8H15N3O2. The van der Waals surface area contributed by atoms with Gasteiger partial charge in [0.05, 0.1) is 0 Å². The number of primary amides is 1. The highest BCUT2D eigenvalue weighted by Gasteiger charge is 2.20. The number of carbonyl (C=O) groups is 2. The lowest BCUT2D eigenvalue weighted by atomic mass is 10.1. The molecule has 74 valence electrons. The average molecular weight is 185 g/mol. The second-order valence-corrected chi connectivity index (χ2v) is 3.29. The predicted molar refractivity (Wildman–Crippen MR) is 48.0 cm³/mol. The monoisotopic (exact) mass is 185 g/mol. The summed E-state index contributed by atoms with van der Waals surface area (Å²) in [6.45, 7) is 2.97. The molecule has 5 heteroatoms. The molecule has 0 saturated carbocycles. The molecule has 1 rings (SSSR count). The van der Waals surface area contributed by atoms with E-state index in [1.807, 2.05) is 0 Å². The van der Waals surface area contributed by atoms with Gasteiger partial charge in [0.25, 0.3) is 0 Å². The normalized spacial score (nSPS) is 18.4. The lowest BCUT2D eigenvalue weighted by molar-refractivity contribution is -0.129. The van der Waals surface area contributed by atoms with Crippen molar-refractivity contribution < 1.29 is 9.59 Å². The van der Waals surface area contributed by atoms with Crippen molar-refractivity contribution in [2.24, 2.45) is 5.73 Å². The number of hydrogen-bond donors (Lipinski definition) is 2. The second kappa shape index (κ2) is 4.11. The topological polar surface area (TPSA) is 75.4 Å². The molecule has 3 N–H and O–H groups in total. The van der Waals surface area contributed by atoms with Gasteiger partial charge in [0.1, 0.15) is 0 Å². The van der Waals surface area contributed by atoms with Gasteiger partial charge in [0, 0.05) is 26.1 Å². The summed E-state index contributed by atoms with van der Waals surface area (Å²) in [6.07, 6.45) is 1.59. The third kappa shape index (κ3) is 2.93. The molecular weight excluding hydrogens is 170 g/mol. The third-order valence-electron chi connectivity index (χ3n) is 2.29. The molecule has 0 radical (unpaired) electrons. The first kappa shape index (κ1) is 9.83. The second-order valence-electron chi connectivity index (χ2n) is 3.29. The van der Waals surface area contributed by atoms with E-state index in [1.54, 1.807) is 11.8 Å². The summed E-state index contributed by atoms with van der Waals surface area (Å²) >= 11 is 0. The Kier molecular flexibility index (Phi) is 3.11. The number of rotatable bonds is 1. The first-order valence-corrected chi connectivity index (χ1v) is 4.41. The third-order valence-corrected chi connectivity index (χ3v) is 2.29. The van der Waals surface area contributed by atoms with Crippen LogP contribution in [0.25, 0.3) is 0 Å². The van der Waals surface area contributed by atoms with Crippen LogP contribution in [0.2, 0.25) is 0 Å². The van der Waals surface area contributed by atoms with Gasteiger partial charge >= 0.3 is 6.03 Å². The molecule has 0 unspecified atom stereocenters. The maximum Gasteiger partial charge on any atom is 0.312 e. The molecule has 1 heterocycles. The molecule has 0 aromatic heterocycles. The summed E-state index contributed by atoms with van der Waals surface area (Å²) in [5, 5.41) is 2.64. The van der Waals surface area contributed by atoms with Crippen molar-refractivity contribution >= 4 is 11.9 Å². The fourth-order valence-electron chi connectivity index (χ4n) is 1.54. The van der Waals surface area contributed by atoms with E-state index >= 15 is 0 Å². The Morgan fingerprint density at radius 2 is 1.92 bits per heavy atom. The summed E-state index contributed by atoms with van der Waals surface area (Å²) in [6, 6.07) is -0.352. The Balaban J connectivity index is 2.30. The van der Waals surface area contributed by atoms with Gasteiger partial charge in [-0.2, -0.15) is 0 Å². The van der Waals surface area contributed by atoms with Crippen LogP contribution in [0.5, 0.6) is 0 Å². The standard InChI is InChI=1S/C8H15N3O2/c1-6(12)11-4-2-7(3-5-11)10-8(9)13/h7H,2-5H2,1H3,(H3,9,10,13). The molecule has 1 aliphatic rings. The minimum atomic E-state index is -0.485. The average Bonchev–Trinajstić information content (AvgIpc) is 2.04. The molecule has 0 aromatic carbocycles. The van der Waals surface area contributed by atoms with Gasteiger partial charge < -0.3 is 16.0 Å². The van der Waals surface area contributed by atoms with E-state index in [4.69, 9.17) is 5.73 Å². The van der Waals surface area contributed by atoms with E-state index in [2.05, 4.69) is 5.32 Å². The maximum absolute atomic E-state index is 10.9. The number of amides is 3. The first-order valence-electron chi connectivity index (χ1n) is 4.41. The molecule has 1 fully saturated rings. The van der Waals surface area contributed by atoms with E-state index in [0.717, 1.165) is 12.8 Å². The van der Waals surface area contributed by atoms with E-state index < -0.39 is 6.03 Å². The molecule has 0 atom stereocenters. The van der Waals surface area contributed by atoms with Crippen LogP contribution in [0.3, 0.4) is 0 Å². The highest BCUT2D eigenvalue weighted by Crippen LogP contribution is 2.09. The van der Waals surface area contributed by atoms with Crippen LogP contribution in [0.15, 0.2) is 0 Å². The number of nitrogens with one attached hydrogen (secondary N) is 1. The maximum atomic E-state index is 10.9. The van der Waals surface area contributed by atoms with Gasteiger partial charge in [0.15, 0.2) is 0 Å². The van der Waals surface area contributed by atoms with E-state index in [0.29, 0.717) is 13.1 Å². The number of likely N-dealkylation sites (tertiary alicyclic amines) is 1. The number of urea groups is 1. The summed E-state index contributed by atoms with van der Waals surface area (Å²) in [5.74, 6) is 0.0949. The Morgan fingerprint density at radius 1 is 1.38 bits per heavy atom. The molecule has 0 aromatic rings. The minimum absolute atomic E-state index is 0.0949. The van der Waals surface area contributed by atoms with Crippen LogP contribution in [0.4, 0.5) is 4.79 Å². The highest BCUT2D eigenvalue weighted by atomic mass is 16.2. The number of hydrogen-bond acceptors (Lipinski definition) is 2. The Labute approximate surface area is 77.3 Å². The number of nitrogens with zero attached hydrogens (tertiary/aromatic N) is 1. The van der Waals surface area contributed by atoms with Gasteiger partial charge in [-0.05, 0) is 12.8 Å². The quantitative estimate of drug-likeness (QED) is 0.586. The lowest BCUT2D eigenvalue weighted by Gasteiger charge is -2.31. The fraction of sp³-hybridized carbons (Fsp3) is 0.750. The molecule has 0 spiro atoms. The summed E-state index contributed by atoms with van der Waals surface area (Å²) in [5.41, 5.74) is 4.99. The zero-order valence-corrected chi connectivity index (χ0v) is 7.75. The van der Waals surface area contributed by atoms with E-state index in [9.17, 15) is 9.59 Å². The van der Waals surface area contributed by atoms with Gasteiger partial charge in [-0.1, -0.05) is 0 Å². The van der Waals surface area contributed by atoms with Crippen molar-refractivity contribution in [2.45, 2.75) is 25.8 Å². The predicted octanol–water partition coefficient (Wildman–Crippen LogP) is -0.334. The number of piperidine rings is 1. The molecule has 13 heavy (non-hydrogen) atoms. The lowest BCUT2D eigenvalue weighted by Crippen LogP contribution is -2.47. The number of nitrogens with two attached hydrogens (primary N) is 1. The van der Waals surface area contributed by atoms with Gasteiger partial charge in [0.2, 0.25) is 5.91 Å². The van der Waals surface area contributed by atoms with Crippen LogP contribution < -0.4 is 11.1 Å². The van der Waals surface area contributed by atoms with Crippen LogP contribution >= 0.6 is 0 Å². The molecule has 0 bridgehead atoms. The Morgan fingerprint density at radius 3 is 2.31 bits per heavy atom. The summed E-state index contributed by atoms with van der Waals surface area (Å²) in [7, 11) is 0. The zero-order valence-electron chi connectivity index (χ0n) is 7.75. The number of carbonyl (C=O) groups excluding carboxylic acids is 2. The summed E-state index contributed by atoms with van der Waals surface area (Å²) in [4.78, 5) is 23.2. The van der Waals surface area contributed by atoms with Crippen LogP contribution in [0.1, 0.15) is 19.8 Å². The molecule has 0 aliphatic carbocycles. The fourth-order valence-corrected chi connectivity index (χ4v) is 1.54. The smallest absolute Gasteiger partial charge is 0.312 e. The van der Waals surface area contributed by atoms with Gasteiger partial charge in [-0.25, -0.2) is 4.79 Å². The SMILES string of the molecule is CC(=O)N1CCC(NC(N)=O)CC1. The largest absolute Gasteiger partial charge is 0.352 e. The van der Waals surface area contributed by atoms with Crippen molar-refractivity contribution in [1.29, 1.82) is 0 Å². The van der Waals surface area contributed by atoms with Crippen LogP contribution in [-0.4, -0.2) is 36.0 Å². The van der Waals surface area contributed by atoms with Crippen molar-refractivity contribution in [3.05, 3.63) is 0 Å². The molecule has 1 aliphatic heterocycles. The van der Waals surface area contributed by atoms with E-state index in [1.165, 1.54) is 0 Å². The first-order chi connectivity index (χ1) is 6.09. The highest BCUT2D eigenvalue weighted by molar-refractivity contribution is 5.73. The van der Waals surface area contributed by atoms with Crippen LogP contribution in [-0.2, 0) is 4.79 Å². The van der Waals surface area contributed by atoms with Gasteiger partial charge in [-0.3, -0.25) is 4.79 Å². The molecule has 5 nitrogen and oxygen atoms in total. The van der Waals surface area contributed by atoms with Gasteiger partial charge in [-0.15, -0.1) is 0 Å². The van der Waals surface area contributed by atoms with Crippen molar-refractivity contribution in [3.8, 4) is 0 Å².